The molecule has 1 unspecified atom stereocenters. The lowest BCUT2D eigenvalue weighted by atomic mass is 10.1. The van der Waals surface area contributed by atoms with Gasteiger partial charge in [0.15, 0.2) is 6.39 Å². The predicted molar refractivity (Wildman–Crippen MR) is 66.8 cm³/mol. The van der Waals surface area contributed by atoms with Gasteiger partial charge in [0.2, 0.25) is 0 Å². The Hall–Kier alpha value is -1.72. The number of hydrogen-bond donors (Lipinski definition) is 1. The molecule has 1 aliphatic rings. The number of pyridine rings is 1. The van der Waals surface area contributed by atoms with Gasteiger partial charge < -0.3 is 9.73 Å². The van der Waals surface area contributed by atoms with Crippen molar-refractivity contribution in [2.24, 2.45) is 0 Å². The van der Waals surface area contributed by atoms with E-state index in [0.717, 1.165) is 31.9 Å². The molecule has 5 heteroatoms. The molecule has 1 aliphatic heterocycles. The van der Waals surface area contributed by atoms with Gasteiger partial charge in [-0.3, -0.25) is 9.88 Å². The average molecular weight is 244 g/mol. The van der Waals surface area contributed by atoms with E-state index in [2.05, 4.69) is 26.3 Å². The minimum absolute atomic E-state index is 0.351. The molecule has 1 fully saturated rings. The number of hydrogen-bond acceptors (Lipinski definition) is 5. The smallest absolute Gasteiger partial charge is 0.180 e. The van der Waals surface area contributed by atoms with Gasteiger partial charge in [0.1, 0.15) is 6.26 Å². The average Bonchev–Trinajstić information content (AvgIpc) is 2.93. The fourth-order valence-electron chi connectivity index (χ4n) is 2.36. The van der Waals surface area contributed by atoms with Crippen LogP contribution in [0.25, 0.3) is 0 Å². The molecule has 2 aromatic heterocycles. The molecule has 0 bridgehead atoms. The maximum Gasteiger partial charge on any atom is 0.180 e. The van der Waals surface area contributed by atoms with E-state index in [4.69, 9.17) is 4.42 Å². The summed E-state index contributed by atoms with van der Waals surface area (Å²) in [7, 11) is 0. The summed E-state index contributed by atoms with van der Waals surface area (Å²) in [6, 6.07) is 4.46. The van der Waals surface area contributed by atoms with Gasteiger partial charge in [0, 0.05) is 44.6 Å². The van der Waals surface area contributed by atoms with E-state index in [0.29, 0.717) is 6.04 Å². The fraction of sp³-hybridized carbons (Fsp3) is 0.385. The summed E-state index contributed by atoms with van der Waals surface area (Å²) in [4.78, 5) is 10.8. The monoisotopic (exact) mass is 244 g/mol. The van der Waals surface area contributed by atoms with Gasteiger partial charge >= 0.3 is 0 Å². The Bertz CT molecular complexity index is 471. The quantitative estimate of drug-likeness (QED) is 0.879. The number of oxazole rings is 1. The summed E-state index contributed by atoms with van der Waals surface area (Å²) in [5, 5.41) is 3.43. The molecule has 1 atom stereocenters. The van der Waals surface area contributed by atoms with Crippen LogP contribution >= 0.6 is 0 Å². The molecule has 1 saturated heterocycles. The Balaban J connectivity index is 1.78. The minimum Gasteiger partial charge on any atom is -0.451 e. The molecule has 5 nitrogen and oxygen atoms in total. The van der Waals surface area contributed by atoms with Gasteiger partial charge in [-0.2, -0.15) is 0 Å². The van der Waals surface area contributed by atoms with E-state index >= 15 is 0 Å². The predicted octanol–water partition coefficient (Wildman–Crippen LogP) is 1.22. The summed E-state index contributed by atoms with van der Waals surface area (Å²) in [5.41, 5.74) is 2.22. The van der Waals surface area contributed by atoms with Crippen molar-refractivity contribution in [2.75, 3.05) is 19.6 Å². The Labute approximate surface area is 106 Å². The molecule has 3 heterocycles. The largest absolute Gasteiger partial charge is 0.451 e. The van der Waals surface area contributed by atoms with Gasteiger partial charge in [-0.15, -0.1) is 0 Å². The van der Waals surface area contributed by atoms with Gasteiger partial charge in [0.25, 0.3) is 0 Å². The maximum absolute atomic E-state index is 5.03. The Kier molecular flexibility index (Phi) is 3.34. The normalized spacial score (nSPS) is 21.0. The molecule has 18 heavy (non-hydrogen) atoms. The van der Waals surface area contributed by atoms with Crippen molar-refractivity contribution >= 4 is 0 Å². The second kappa shape index (κ2) is 5.29. The first-order valence-electron chi connectivity index (χ1n) is 6.15. The summed E-state index contributed by atoms with van der Waals surface area (Å²) < 4.78 is 5.03. The van der Waals surface area contributed by atoms with Gasteiger partial charge in [-0.05, 0) is 11.6 Å². The zero-order chi connectivity index (χ0) is 12.2. The van der Waals surface area contributed by atoms with E-state index in [1.807, 2.05) is 18.5 Å². The zero-order valence-electron chi connectivity index (χ0n) is 10.1. The number of aromatic nitrogens is 2. The summed E-state index contributed by atoms with van der Waals surface area (Å²) in [6.45, 7) is 3.78. The van der Waals surface area contributed by atoms with Crippen LogP contribution in [0.2, 0.25) is 0 Å². The molecular formula is C13H16N4O. The third kappa shape index (κ3) is 2.42. The lowest BCUT2D eigenvalue weighted by molar-refractivity contribution is 0.151. The van der Waals surface area contributed by atoms with Gasteiger partial charge in [0.05, 0.1) is 5.69 Å². The van der Waals surface area contributed by atoms with Crippen LogP contribution in [0, 0.1) is 0 Å². The van der Waals surface area contributed by atoms with Crippen LogP contribution in [-0.2, 0) is 6.54 Å². The molecule has 0 spiro atoms. The first-order chi connectivity index (χ1) is 8.93. The highest BCUT2D eigenvalue weighted by molar-refractivity contribution is 5.15. The van der Waals surface area contributed by atoms with Crippen LogP contribution in [0.15, 0.2) is 41.6 Å². The fourth-order valence-corrected chi connectivity index (χ4v) is 2.36. The van der Waals surface area contributed by atoms with E-state index in [-0.39, 0.29) is 0 Å². The van der Waals surface area contributed by atoms with Crippen molar-refractivity contribution in [1.82, 2.24) is 20.2 Å². The number of nitrogens with one attached hydrogen (secondary N) is 1. The van der Waals surface area contributed by atoms with Crippen molar-refractivity contribution < 1.29 is 4.42 Å². The van der Waals surface area contributed by atoms with Gasteiger partial charge in [-0.25, -0.2) is 4.98 Å². The van der Waals surface area contributed by atoms with Crippen LogP contribution in [0.5, 0.6) is 0 Å². The minimum atomic E-state index is 0.351. The lowest BCUT2D eigenvalue weighted by Gasteiger charge is -2.35. The second-order valence-electron chi connectivity index (χ2n) is 4.46. The molecular weight excluding hydrogens is 228 g/mol. The van der Waals surface area contributed by atoms with E-state index < -0.39 is 0 Å². The summed E-state index contributed by atoms with van der Waals surface area (Å²) in [6.07, 6.45) is 6.94. The zero-order valence-corrected chi connectivity index (χ0v) is 10.1. The molecule has 0 saturated carbocycles. The number of rotatable bonds is 3. The van der Waals surface area contributed by atoms with Crippen molar-refractivity contribution in [3.05, 3.63) is 48.4 Å². The van der Waals surface area contributed by atoms with Crippen molar-refractivity contribution in [3.8, 4) is 0 Å². The second-order valence-corrected chi connectivity index (χ2v) is 4.46. The summed E-state index contributed by atoms with van der Waals surface area (Å²) >= 11 is 0. The van der Waals surface area contributed by atoms with Crippen LogP contribution in [0.1, 0.15) is 17.3 Å². The third-order valence-corrected chi connectivity index (χ3v) is 3.27. The SMILES string of the molecule is c1cncc(C2CNCCN2Cc2cocn2)c1. The Morgan fingerprint density at radius 3 is 3.28 bits per heavy atom. The highest BCUT2D eigenvalue weighted by Gasteiger charge is 2.24. The number of nitrogens with zero attached hydrogens (tertiary/aromatic N) is 3. The van der Waals surface area contributed by atoms with Crippen LogP contribution in [0.4, 0.5) is 0 Å². The molecule has 2 aromatic rings. The highest BCUT2D eigenvalue weighted by atomic mass is 16.3. The molecule has 1 N–H and O–H groups in total. The van der Waals surface area contributed by atoms with Crippen LogP contribution < -0.4 is 5.32 Å². The Morgan fingerprint density at radius 1 is 1.50 bits per heavy atom. The highest BCUT2D eigenvalue weighted by Crippen LogP contribution is 2.22. The third-order valence-electron chi connectivity index (χ3n) is 3.27. The van der Waals surface area contributed by atoms with E-state index in [9.17, 15) is 0 Å². The van der Waals surface area contributed by atoms with Crippen molar-refractivity contribution in [1.29, 1.82) is 0 Å². The topological polar surface area (TPSA) is 54.2 Å². The van der Waals surface area contributed by atoms with Crippen molar-refractivity contribution in [2.45, 2.75) is 12.6 Å². The van der Waals surface area contributed by atoms with Crippen LogP contribution in [-0.4, -0.2) is 34.5 Å². The molecule has 94 valence electrons. The van der Waals surface area contributed by atoms with E-state index in [1.165, 1.54) is 12.0 Å². The van der Waals surface area contributed by atoms with Crippen molar-refractivity contribution in [3.63, 3.8) is 0 Å². The van der Waals surface area contributed by atoms with Crippen LogP contribution in [0.3, 0.4) is 0 Å². The molecule has 0 radical (unpaired) electrons. The molecule has 0 aromatic carbocycles. The maximum atomic E-state index is 5.03. The lowest BCUT2D eigenvalue weighted by Crippen LogP contribution is -2.45. The number of piperazine rings is 1. The molecule has 0 amide bonds. The summed E-state index contributed by atoms with van der Waals surface area (Å²) in [5.74, 6) is 0. The molecule has 0 aliphatic carbocycles. The van der Waals surface area contributed by atoms with E-state index in [1.54, 1.807) is 6.26 Å². The standard InChI is InChI=1S/C13H16N4O/c1-2-11(6-14-3-1)13-7-15-4-5-17(13)8-12-9-18-10-16-12/h1-3,6,9-10,13,15H,4-5,7-8H2. The van der Waals surface area contributed by atoms with Gasteiger partial charge in [-0.1, -0.05) is 6.07 Å². The first-order valence-corrected chi connectivity index (χ1v) is 6.15. The molecule has 3 rings (SSSR count). The first kappa shape index (κ1) is 11.4. The Morgan fingerprint density at radius 2 is 2.50 bits per heavy atom.